The van der Waals surface area contributed by atoms with E-state index in [4.69, 9.17) is 4.98 Å². The number of carbonyl (C=O) groups is 2. The zero-order valence-corrected chi connectivity index (χ0v) is 23.0. The van der Waals surface area contributed by atoms with Crippen LogP contribution in [0.3, 0.4) is 0 Å². The summed E-state index contributed by atoms with van der Waals surface area (Å²) in [7, 11) is 0. The molecule has 0 aliphatic heterocycles. The van der Waals surface area contributed by atoms with Crippen molar-refractivity contribution in [1.29, 1.82) is 0 Å². The van der Waals surface area contributed by atoms with Crippen LogP contribution in [0.5, 0.6) is 0 Å². The molecule has 0 aliphatic carbocycles. The van der Waals surface area contributed by atoms with Gasteiger partial charge in [0.25, 0.3) is 5.91 Å². The average Bonchev–Trinajstić information content (AvgIpc) is 3.37. The fourth-order valence-corrected chi connectivity index (χ4v) is 4.45. The van der Waals surface area contributed by atoms with Gasteiger partial charge in [0.15, 0.2) is 0 Å². The Hall–Kier alpha value is -4.97. The van der Waals surface area contributed by atoms with E-state index in [1.54, 1.807) is 17.0 Å². The number of nitrogens with one attached hydrogen (secondary N) is 1. The molecule has 2 amide bonds. The molecule has 0 radical (unpaired) electrons. The Morgan fingerprint density at radius 2 is 1.32 bits per heavy atom. The number of benzene rings is 4. The summed E-state index contributed by atoms with van der Waals surface area (Å²) in [6, 6.07) is 33.2. The maximum atomic E-state index is 13.5. The third-order valence-corrected chi connectivity index (χ3v) is 6.75. The zero-order valence-electron chi connectivity index (χ0n) is 23.0. The van der Waals surface area contributed by atoms with E-state index in [0.717, 1.165) is 39.2 Å². The monoisotopic (exact) mass is 528 g/mol. The van der Waals surface area contributed by atoms with Crippen molar-refractivity contribution in [1.82, 2.24) is 14.5 Å². The SMILES string of the molecule is Cc1ccc(C(=O)N(CC(=O)Nc2nc(-c3ccc(C)cc3)cn2-c2ccc(C)cc2)Cc2ccccc2)cc1. The number of amides is 2. The van der Waals surface area contributed by atoms with Crippen LogP contribution in [0.2, 0.25) is 0 Å². The van der Waals surface area contributed by atoms with Gasteiger partial charge in [-0.3, -0.25) is 19.5 Å². The average molecular weight is 529 g/mol. The highest BCUT2D eigenvalue weighted by Crippen LogP contribution is 2.25. The van der Waals surface area contributed by atoms with E-state index >= 15 is 0 Å². The molecule has 0 saturated heterocycles. The second kappa shape index (κ2) is 11.8. The van der Waals surface area contributed by atoms with Crippen LogP contribution in [0.15, 0.2) is 109 Å². The molecule has 4 aromatic carbocycles. The molecule has 5 rings (SSSR count). The van der Waals surface area contributed by atoms with Gasteiger partial charge in [0.05, 0.1) is 5.69 Å². The maximum absolute atomic E-state index is 13.5. The van der Waals surface area contributed by atoms with Gasteiger partial charge in [0.1, 0.15) is 6.54 Å². The van der Waals surface area contributed by atoms with E-state index < -0.39 is 0 Å². The van der Waals surface area contributed by atoms with Crippen molar-refractivity contribution in [3.8, 4) is 16.9 Å². The van der Waals surface area contributed by atoms with Crippen LogP contribution in [0.4, 0.5) is 5.95 Å². The van der Waals surface area contributed by atoms with E-state index in [1.165, 1.54) is 0 Å². The normalized spacial score (nSPS) is 10.8. The summed E-state index contributed by atoms with van der Waals surface area (Å²) < 4.78 is 1.87. The van der Waals surface area contributed by atoms with Crippen molar-refractivity contribution < 1.29 is 9.59 Å². The predicted octanol–water partition coefficient (Wildman–Crippen LogP) is 6.75. The lowest BCUT2D eigenvalue weighted by molar-refractivity contribution is -0.117. The number of carbonyl (C=O) groups excluding carboxylic acids is 2. The van der Waals surface area contributed by atoms with Crippen LogP contribution >= 0.6 is 0 Å². The molecule has 5 aromatic rings. The van der Waals surface area contributed by atoms with Gasteiger partial charge in [-0.1, -0.05) is 95.6 Å². The van der Waals surface area contributed by atoms with Crippen LogP contribution in [-0.4, -0.2) is 32.8 Å². The number of anilines is 1. The first-order valence-corrected chi connectivity index (χ1v) is 13.3. The Bertz CT molecular complexity index is 1600. The van der Waals surface area contributed by atoms with Gasteiger partial charge in [-0.2, -0.15) is 0 Å². The highest BCUT2D eigenvalue weighted by Gasteiger charge is 2.21. The van der Waals surface area contributed by atoms with Crippen LogP contribution in [0.25, 0.3) is 16.9 Å². The quantitative estimate of drug-likeness (QED) is 0.242. The van der Waals surface area contributed by atoms with Gasteiger partial charge in [-0.15, -0.1) is 0 Å². The van der Waals surface area contributed by atoms with Crippen LogP contribution < -0.4 is 5.32 Å². The first kappa shape index (κ1) is 26.6. The summed E-state index contributed by atoms with van der Waals surface area (Å²) >= 11 is 0. The topological polar surface area (TPSA) is 67.2 Å². The number of hydrogen-bond acceptors (Lipinski definition) is 3. The Kier molecular flexibility index (Phi) is 7.87. The van der Waals surface area contributed by atoms with Crippen molar-refractivity contribution in [3.05, 3.63) is 137 Å². The van der Waals surface area contributed by atoms with Gasteiger partial charge >= 0.3 is 0 Å². The summed E-state index contributed by atoms with van der Waals surface area (Å²) in [5.41, 5.74) is 7.42. The van der Waals surface area contributed by atoms with Crippen molar-refractivity contribution in [3.63, 3.8) is 0 Å². The molecule has 0 unspecified atom stereocenters. The Morgan fingerprint density at radius 3 is 1.95 bits per heavy atom. The lowest BCUT2D eigenvalue weighted by atomic mass is 10.1. The number of imidazole rings is 1. The standard InChI is InChI=1S/C34H32N4O2/c1-24-9-15-28(16-10-24)31-22-38(30-19-13-26(3)14-20-30)34(35-31)36-32(39)23-37(21-27-7-5-4-6-8-27)33(40)29-17-11-25(2)12-18-29/h4-20,22H,21,23H2,1-3H3,(H,35,36,39). The number of hydrogen-bond donors (Lipinski definition) is 1. The number of aromatic nitrogens is 2. The van der Waals surface area contributed by atoms with Crippen molar-refractivity contribution in [2.45, 2.75) is 27.3 Å². The number of nitrogens with zero attached hydrogens (tertiary/aromatic N) is 3. The Labute approximate surface area is 234 Å². The second-order valence-corrected chi connectivity index (χ2v) is 10.1. The molecule has 40 heavy (non-hydrogen) atoms. The summed E-state index contributed by atoms with van der Waals surface area (Å²) in [5.74, 6) is -0.140. The zero-order chi connectivity index (χ0) is 28.1. The smallest absolute Gasteiger partial charge is 0.254 e. The molecule has 200 valence electrons. The maximum Gasteiger partial charge on any atom is 0.254 e. The highest BCUT2D eigenvalue weighted by atomic mass is 16.2. The molecule has 6 heteroatoms. The van der Waals surface area contributed by atoms with Gasteiger partial charge in [0.2, 0.25) is 11.9 Å². The molecule has 0 bridgehead atoms. The molecular formula is C34H32N4O2. The van der Waals surface area contributed by atoms with Crippen LogP contribution in [0.1, 0.15) is 32.6 Å². The molecule has 1 heterocycles. The van der Waals surface area contributed by atoms with Gasteiger partial charge in [0, 0.05) is 29.6 Å². The minimum absolute atomic E-state index is 0.123. The van der Waals surface area contributed by atoms with Crippen molar-refractivity contribution in [2.24, 2.45) is 0 Å². The molecule has 0 aliphatic rings. The number of rotatable bonds is 8. The minimum Gasteiger partial charge on any atom is -0.325 e. The van der Waals surface area contributed by atoms with Gasteiger partial charge in [-0.05, 0) is 50.6 Å². The van der Waals surface area contributed by atoms with E-state index in [0.29, 0.717) is 18.1 Å². The third-order valence-electron chi connectivity index (χ3n) is 6.75. The summed E-state index contributed by atoms with van der Waals surface area (Å²) in [6.45, 7) is 6.23. The first-order chi connectivity index (χ1) is 19.4. The Balaban J connectivity index is 1.44. The summed E-state index contributed by atoms with van der Waals surface area (Å²) in [5, 5.41) is 2.98. The third kappa shape index (κ3) is 6.35. The van der Waals surface area contributed by atoms with E-state index in [1.807, 2.05) is 123 Å². The van der Waals surface area contributed by atoms with Crippen LogP contribution in [0, 0.1) is 20.8 Å². The minimum atomic E-state index is -0.328. The first-order valence-electron chi connectivity index (χ1n) is 13.3. The number of aryl methyl sites for hydroxylation is 3. The fraction of sp³-hybridized carbons (Fsp3) is 0.147. The predicted molar refractivity (Wildman–Crippen MR) is 159 cm³/mol. The lowest BCUT2D eigenvalue weighted by Crippen LogP contribution is -2.38. The molecule has 0 spiro atoms. The van der Waals surface area contributed by atoms with Crippen molar-refractivity contribution in [2.75, 3.05) is 11.9 Å². The Morgan fingerprint density at radius 1 is 0.750 bits per heavy atom. The largest absolute Gasteiger partial charge is 0.325 e. The van der Waals surface area contributed by atoms with Gasteiger partial charge < -0.3 is 4.90 Å². The second-order valence-electron chi connectivity index (χ2n) is 10.1. The molecule has 1 N–H and O–H groups in total. The summed E-state index contributed by atoms with van der Waals surface area (Å²) in [4.78, 5) is 33.3. The molecule has 6 nitrogen and oxygen atoms in total. The molecule has 0 atom stereocenters. The van der Waals surface area contributed by atoms with E-state index in [9.17, 15) is 9.59 Å². The molecule has 1 aromatic heterocycles. The fourth-order valence-electron chi connectivity index (χ4n) is 4.45. The molecule has 0 saturated carbocycles. The van der Waals surface area contributed by atoms with E-state index in [2.05, 4.69) is 5.32 Å². The molecular weight excluding hydrogens is 496 g/mol. The molecule has 0 fully saturated rings. The van der Waals surface area contributed by atoms with E-state index in [-0.39, 0.29) is 18.4 Å². The van der Waals surface area contributed by atoms with Crippen molar-refractivity contribution >= 4 is 17.8 Å². The summed E-state index contributed by atoms with van der Waals surface area (Å²) in [6.07, 6.45) is 1.92. The lowest BCUT2D eigenvalue weighted by Gasteiger charge is -2.22. The highest BCUT2D eigenvalue weighted by molar-refractivity contribution is 5.99. The van der Waals surface area contributed by atoms with Crippen LogP contribution in [-0.2, 0) is 11.3 Å². The van der Waals surface area contributed by atoms with Gasteiger partial charge in [-0.25, -0.2) is 4.98 Å².